The van der Waals surface area contributed by atoms with Crippen LogP contribution in [0.5, 0.6) is 0 Å². The third kappa shape index (κ3) is 3.82. The number of aliphatic hydroxyl groups excluding tert-OH is 1. The number of likely N-dealkylation sites (N-methyl/N-ethyl adjacent to an activating group) is 1. The topological polar surface area (TPSA) is 77.9 Å². The van der Waals surface area contributed by atoms with E-state index < -0.39 is 16.1 Å². The number of carbonyl (C=O) groups excluding carboxylic acids is 1. The maximum atomic E-state index is 13.0. The summed E-state index contributed by atoms with van der Waals surface area (Å²) in [4.78, 5) is 13.8. The van der Waals surface area contributed by atoms with Crippen molar-refractivity contribution in [3.05, 3.63) is 35.6 Å². The molecule has 1 aromatic rings. The van der Waals surface area contributed by atoms with Crippen LogP contribution in [0.4, 0.5) is 4.39 Å². The number of rotatable bonds is 4. The lowest BCUT2D eigenvalue weighted by atomic mass is 10.0. The number of benzene rings is 1. The van der Waals surface area contributed by atoms with Gasteiger partial charge in [-0.1, -0.05) is 12.1 Å². The van der Waals surface area contributed by atoms with Gasteiger partial charge in [-0.2, -0.15) is 4.31 Å². The van der Waals surface area contributed by atoms with E-state index >= 15 is 0 Å². The van der Waals surface area contributed by atoms with Crippen molar-refractivity contribution in [1.82, 2.24) is 9.21 Å². The molecule has 0 bridgehead atoms. The Morgan fingerprint density at radius 2 is 2.00 bits per heavy atom. The highest BCUT2D eigenvalue weighted by Crippen LogP contribution is 2.32. The van der Waals surface area contributed by atoms with Crippen molar-refractivity contribution in [3.63, 3.8) is 0 Å². The summed E-state index contributed by atoms with van der Waals surface area (Å²) in [5.41, 5.74) is 0.716. The first-order chi connectivity index (χ1) is 10.2. The first-order valence-corrected chi connectivity index (χ1v) is 8.67. The Balaban J connectivity index is 2.17. The summed E-state index contributed by atoms with van der Waals surface area (Å²) in [6, 6.07) is 5.35. The third-order valence-corrected chi connectivity index (χ3v) is 5.04. The zero-order valence-electron chi connectivity index (χ0n) is 12.4. The standard InChI is InChI=1S/C14H19FN2O4S/c1-16(22(2,20)21)9-14(19)17-8-12(18)7-13(17)10-3-5-11(15)6-4-10/h3-6,12-13,18H,7-9H2,1-2H3/t12-,13-/m0/s1. The second-order valence-corrected chi connectivity index (χ2v) is 7.61. The van der Waals surface area contributed by atoms with Crippen LogP contribution < -0.4 is 0 Å². The summed E-state index contributed by atoms with van der Waals surface area (Å²) in [6.07, 6.45) is 0.693. The molecule has 8 heteroatoms. The minimum Gasteiger partial charge on any atom is -0.391 e. The van der Waals surface area contributed by atoms with Gasteiger partial charge in [0.15, 0.2) is 0 Å². The highest BCUT2D eigenvalue weighted by Gasteiger charge is 2.36. The smallest absolute Gasteiger partial charge is 0.238 e. The molecule has 1 saturated heterocycles. The Bertz CT molecular complexity index is 647. The molecule has 1 N–H and O–H groups in total. The summed E-state index contributed by atoms with van der Waals surface area (Å²) >= 11 is 0. The molecule has 1 aliphatic rings. The number of aliphatic hydroxyl groups is 1. The summed E-state index contributed by atoms with van der Waals surface area (Å²) in [5.74, 6) is -0.768. The Labute approximate surface area is 129 Å². The molecule has 2 atom stereocenters. The number of carbonyl (C=O) groups is 1. The first kappa shape index (κ1) is 16.9. The SMILES string of the molecule is CN(CC(=O)N1C[C@@H](O)C[C@H]1c1ccc(F)cc1)S(C)(=O)=O. The van der Waals surface area contributed by atoms with E-state index in [0.29, 0.717) is 12.0 Å². The molecular weight excluding hydrogens is 311 g/mol. The maximum Gasteiger partial charge on any atom is 0.238 e. The molecular formula is C14H19FN2O4S. The molecule has 1 aliphatic heterocycles. The molecule has 0 spiro atoms. The van der Waals surface area contributed by atoms with E-state index in [2.05, 4.69) is 0 Å². The van der Waals surface area contributed by atoms with Crippen LogP contribution in [0.15, 0.2) is 24.3 Å². The van der Waals surface area contributed by atoms with Crippen molar-refractivity contribution in [2.45, 2.75) is 18.6 Å². The molecule has 122 valence electrons. The van der Waals surface area contributed by atoms with Crippen LogP contribution in [-0.4, -0.2) is 61.1 Å². The van der Waals surface area contributed by atoms with E-state index in [0.717, 1.165) is 10.6 Å². The van der Waals surface area contributed by atoms with Crippen molar-refractivity contribution >= 4 is 15.9 Å². The fraction of sp³-hybridized carbons (Fsp3) is 0.500. The van der Waals surface area contributed by atoms with Crippen LogP contribution in [0, 0.1) is 5.82 Å². The fourth-order valence-corrected chi connectivity index (χ4v) is 2.83. The molecule has 1 amide bonds. The van der Waals surface area contributed by atoms with Crippen molar-refractivity contribution in [3.8, 4) is 0 Å². The second kappa shape index (κ2) is 6.31. The lowest BCUT2D eigenvalue weighted by Crippen LogP contribution is -2.41. The minimum absolute atomic E-state index is 0.137. The molecule has 1 heterocycles. The van der Waals surface area contributed by atoms with E-state index in [4.69, 9.17) is 0 Å². The molecule has 22 heavy (non-hydrogen) atoms. The number of likely N-dealkylation sites (tertiary alicyclic amines) is 1. The van der Waals surface area contributed by atoms with E-state index in [-0.39, 0.29) is 30.9 Å². The van der Waals surface area contributed by atoms with E-state index in [1.54, 1.807) is 12.1 Å². The molecule has 0 aliphatic carbocycles. The molecule has 1 aromatic carbocycles. The zero-order valence-corrected chi connectivity index (χ0v) is 13.3. The highest BCUT2D eigenvalue weighted by atomic mass is 32.2. The molecule has 6 nitrogen and oxygen atoms in total. The van der Waals surface area contributed by atoms with Crippen molar-refractivity contribution in [2.24, 2.45) is 0 Å². The van der Waals surface area contributed by atoms with Gasteiger partial charge in [0.2, 0.25) is 15.9 Å². The van der Waals surface area contributed by atoms with E-state index in [9.17, 15) is 22.7 Å². The Morgan fingerprint density at radius 1 is 1.41 bits per heavy atom. The summed E-state index contributed by atoms with van der Waals surface area (Å²) in [6.45, 7) is -0.151. The number of nitrogens with zero attached hydrogens (tertiary/aromatic N) is 2. The molecule has 2 rings (SSSR count). The maximum absolute atomic E-state index is 13.0. The van der Waals surface area contributed by atoms with Gasteiger partial charge in [-0.25, -0.2) is 12.8 Å². The summed E-state index contributed by atoms with van der Waals surface area (Å²) in [7, 11) is -2.13. The molecule has 0 unspecified atom stereocenters. The largest absolute Gasteiger partial charge is 0.391 e. The first-order valence-electron chi connectivity index (χ1n) is 6.83. The Kier molecular flexibility index (Phi) is 4.84. The second-order valence-electron chi connectivity index (χ2n) is 5.52. The normalized spacial score (nSPS) is 22.3. The third-order valence-electron chi connectivity index (χ3n) is 3.78. The van der Waals surface area contributed by atoms with Crippen molar-refractivity contribution in [2.75, 3.05) is 26.4 Å². The van der Waals surface area contributed by atoms with Gasteiger partial charge >= 0.3 is 0 Å². The Morgan fingerprint density at radius 3 is 2.55 bits per heavy atom. The summed E-state index contributed by atoms with van der Waals surface area (Å²) < 4.78 is 36.8. The average molecular weight is 330 g/mol. The van der Waals surface area contributed by atoms with Crippen LogP contribution in [0.25, 0.3) is 0 Å². The number of hydrogen-bond acceptors (Lipinski definition) is 4. The van der Waals surface area contributed by atoms with Crippen LogP contribution in [0.2, 0.25) is 0 Å². The van der Waals surface area contributed by atoms with E-state index in [1.165, 1.54) is 24.1 Å². The fourth-order valence-electron chi connectivity index (χ4n) is 2.49. The van der Waals surface area contributed by atoms with E-state index in [1.807, 2.05) is 0 Å². The van der Waals surface area contributed by atoms with Gasteiger partial charge in [-0.15, -0.1) is 0 Å². The van der Waals surface area contributed by atoms with Gasteiger partial charge in [0, 0.05) is 13.6 Å². The predicted molar refractivity (Wildman–Crippen MR) is 79.0 cm³/mol. The van der Waals surface area contributed by atoms with Crippen LogP contribution >= 0.6 is 0 Å². The van der Waals surface area contributed by atoms with Crippen LogP contribution in [-0.2, 0) is 14.8 Å². The predicted octanol–water partition coefficient (Wildman–Crippen LogP) is 0.351. The van der Waals surface area contributed by atoms with Gasteiger partial charge in [0.25, 0.3) is 0 Å². The molecule has 0 radical (unpaired) electrons. The lowest BCUT2D eigenvalue weighted by molar-refractivity contribution is -0.132. The molecule has 0 aromatic heterocycles. The Hall–Kier alpha value is -1.51. The quantitative estimate of drug-likeness (QED) is 0.864. The number of sulfonamides is 1. The number of β-amino-alcohol motifs (C(OH)–C–C–N with tert-alkyl or cyclic N) is 1. The summed E-state index contributed by atoms with van der Waals surface area (Å²) in [5, 5.41) is 9.83. The highest BCUT2D eigenvalue weighted by molar-refractivity contribution is 7.88. The van der Waals surface area contributed by atoms with Gasteiger partial charge in [0.1, 0.15) is 5.82 Å². The van der Waals surface area contributed by atoms with Crippen molar-refractivity contribution < 1.29 is 22.7 Å². The van der Waals surface area contributed by atoms with Gasteiger partial charge in [-0.3, -0.25) is 4.79 Å². The van der Waals surface area contributed by atoms with Gasteiger partial charge in [0.05, 0.1) is 24.9 Å². The molecule has 0 saturated carbocycles. The monoisotopic (exact) mass is 330 g/mol. The molecule has 1 fully saturated rings. The minimum atomic E-state index is -3.45. The zero-order chi connectivity index (χ0) is 16.5. The van der Waals surface area contributed by atoms with Gasteiger partial charge < -0.3 is 10.0 Å². The number of halogens is 1. The van der Waals surface area contributed by atoms with Crippen LogP contribution in [0.3, 0.4) is 0 Å². The van der Waals surface area contributed by atoms with Gasteiger partial charge in [-0.05, 0) is 24.1 Å². The van der Waals surface area contributed by atoms with Crippen LogP contribution in [0.1, 0.15) is 18.0 Å². The number of hydrogen-bond donors (Lipinski definition) is 1. The number of amides is 1. The van der Waals surface area contributed by atoms with Crippen molar-refractivity contribution in [1.29, 1.82) is 0 Å². The lowest BCUT2D eigenvalue weighted by Gasteiger charge is -2.26. The average Bonchev–Trinajstić information content (AvgIpc) is 2.80.